The van der Waals surface area contributed by atoms with Gasteiger partial charge >= 0.3 is 12.1 Å². The molecule has 0 bridgehead atoms. The molecular formula is C15H25F3N2O2. The van der Waals surface area contributed by atoms with Crippen molar-refractivity contribution in [2.24, 2.45) is 5.41 Å². The minimum Gasteiger partial charge on any atom is -0.349 e. The molecular weight excluding hydrogens is 297 g/mol. The van der Waals surface area contributed by atoms with Crippen molar-refractivity contribution in [1.82, 2.24) is 10.2 Å². The SMILES string of the molecule is CC(C)(C)CC(C)(C)NC(=O)C1CCCN1C(=O)C(F)(F)F. The van der Waals surface area contributed by atoms with E-state index in [0.717, 1.165) is 0 Å². The number of likely N-dealkylation sites (tertiary alicyclic amines) is 1. The Balaban J connectivity index is 2.78. The smallest absolute Gasteiger partial charge is 0.349 e. The summed E-state index contributed by atoms with van der Waals surface area (Å²) < 4.78 is 37.7. The molecule has 0 aromatic heterocycles. The highest BCUT2D eigenvalue weighted by molar-refractivity contribution is 5.90. The predicted octanol–water partition coefficient (Wildman–Crippen LogP) is 2.87. The summed E-state index contributed by atoms with van der Waals surface area (Å²) in [7, 11) is 0. The first-order valence-electron chi connectivity index (χ1n) is 7.43. The molecule has 0 spiro atoms. The second-order valence-electron chi connectivity index (χ2n) is 7.76. The van der Waals surface area contributed by atoms with Crippen molar-refractivity contribution in [3.05, 3.63) is 0 Å². The number of carbonyl (C=O) groups is 2. The van der Waals surface area contributed by atoms with Gasteiger partial charge in [-0.05, 0) is 38.5 Å². The maximum atomic E-state index is 12.6. The highest BCUT2D eigenvalue weighted by Crippen LogP contribution is 2.29. The Morgan fingerprint density at radius 3 is 2.14 bits per heavy atom. The molecule has 1 atom stereocenters. The Kier molecular flexibility index (Phi) is 5.19. The van der Waals surface area contributed by atoms with Crippen molar-refractivity contribution in [2.45, 2.75) is 71.6 Å². The predicted molar refractivity (Wildman–Crippen MR) is 77.1 cm³/mol. The van der Waals surface area contributed by atoms with Crippen LogP contribution in [-0.4, -0.2) is 41.0 Å². The van der Waals surface area contributed by atoms with Crippen molar-refractivity contribution in [3.8, 4) is 0 Å². The van der Waals surface area contributed by atoms with E-state index < -0.39 is 29.6 Å². The molecule has 0 radical (unpaired) electrons. The van der Waals surface area contributed by atoms with Crippen LogP contribution in [0.25, 0.3) is 0 Å². The Bertz CT molecular complexity index is 439. The quantitative estimate of drug-likeness (QED) is 0.868. The van der Waals surface area contributed by atoms with Crippen LogP contribution in [0.1, 0.15) is 53.9 Å². The fourth-order valence-corrected chi connectivity index (χ4v) is 3.23. The number of halogens is 3. The highest BCUT2D eigenvalue weighted by atomic mass is 19.4. The number of nitrogens with zero attached hydrogens (tertiary/aromatic N) is 1. The molecule has 128 valence electrons. The lowest BCUT2D eigenvalue weighted by molar-refractivity contribution is -0.186. The molecule has 2 amide bonds. The van der Waals surface area contributed by atoms with Gasteiger partial charge in [-0.1, -0.05) is 20.8 Å². The number of rotatable bonds is 3. The lowest BCUT2D eigenvalue weighted by Gasteiger charge is -2.35. The van der Waals surface area contributed by atoms with E-state index in [2.05, 4.69) is 5.32 Å². The fourth-order valence-electron chi connectivity index (χ4n) is 3.23. The summed E-state index contributed by atoms with van der Waals surface area (Å²) >= 11 is 0. The van der Waals surface area contributed by atoms with E-state index in [4.69, 9.17) is 0 Å². The molecule has 0 saturated carbocycles. The van der Waals surface area contributed by atoms with Gasteiger partial charge < -0.3 is 10.2 Å². The number of nitrogens with one attached hydrogen (secondary N) is 1. The molecule has 0 aromatic carbocycles. The first-order valence-corrected chi connectivity index (χ1v) is 7.43. The minimum absolute atomic E-state index is 0.0316. The van der Waals surface area contributed by atoms with Crippen LogP contribution in [0.4, 0.5) is 13.2 Å². The second-order valence-corrected chi connectivity index (χ2v) is 7.76. The second kappa shape index (κ2) is 6.08. The van der Waals surface area contributed by atoms with E-state index in [1.165, 1.54) is 0 Å². The van der Waals surface area contributed by atoms with Gasteiger partial charge in [0, 0.05) is 12.1 Å². The van der Waals surface area contributed by atoms with Gasteiger partial charge in [0.1, 0.15) is 6.04 Å². The zero-order valence-electron chi connectivity index (χ0n) is 13.8. The number of carbonyl (C=O) groups excluding carboxylic acids is 2. The van der Waals surface area contributed by atoms with E-state index in [1.807, 2.05) is 34.6 Å². The maximum absolute atomic E-state index is 12.6. The first kappa shape index (κ1) is 18.8. The van der Waals surface area contributed by atoms with Crippen LogP contribution < -0.4 is 5.32 Å². The van der Waals surface area contributed by atoms with Gasteiger partial charge in [-0.25, -0.2) is 0 Å². The van der Waals surface area contributed by atoms with E-state index in [0.29, 0.717) is 17.7 Å². The van der Waals surface area contributed by atoms with Crippen LogP contribution in [0.15, 0.2) is 0 Å². The summed E-state index contributed by atoms with van der Waals surface area (Å²) in [6, 6.07) is -1.03. The van der Waals surface area contributed by atoms with Crippen molar-refractivity contribution < 1.29 is 22.8 Å². The minimum atomic E-state index is -4.94. The first-order chi connectivity index (χ1) is 9.73. The number of hydrogen-bond acceptors (Lipinski definition) is 2. The average Bonchev–Trinajstić information content (AvgIpc) is 2.70. The summed E-state index contributed by atoms with van der Waals surface area (Å²) in [5.74, 6) is -2.44. The molecule has 1 unspecified atom stereocenters. The summed E-state index contributed by atoms with van der Waals surface area (Å²) in [5, 5.41) is 2.79. The zero-order valence-corrected chi connectivity index (χ0v) is 13.8. The number of amides is 2. The molecule has 1 fully saturated rings. The maximum Gasteiger partial charge on any atom is 0.471 e. The van der Waals surface area contributed by atoms with E-state index >= 15 is 0 Å². The average molecular weight is 322 g/mol. The van der Waals surface area contributed by atoms with Gasteiger partial charge in [0.15, 0.2) is 0 Å². The highest BCUT2D eigenvalue weighted by Gasteiger charge is 2.48. The molecule has 1 rings (SSSR count). The van der Waals surface area contributed by atoms with E-state index in [-0.39, 0.29) is 18.4 Å². The Labute approximate surface area is 129 Å². The molecule has 1 N–H and O–H groups in total. The van der Waals surface area contributed by atoms with Crippen LogP contribution in [0.2, 0.25) is 0 Å². The van der Waals surface area contributed by atoms with Crippen LogP contribution in [0.3, 0.4) is 0 Å². The Morgan fingerprint density at radius 1 is 1.14 bits per heavy atom. The van der Waals surface area contributed by atoms with Gasteiger partial charge in [-0.2, -0.15) is 13.2 Å². The summed E-state index contributed by atoms with van der Waals surface area (Å²) in [6.45, 7) is 9.71. The van der Waals surface area contributed by atoms with Gasteiger partial charge in [0.25, 0.3) is 0 Å². The monoisotopic (exact) mass is 322 g/mol. The summed E-state index contributed by atoms with van der Waals surface area (Å²) in [5.41, 5.74) is -0.585. The normalized spacial score (nSPS) is 20.2. The van der Waals surface area contributed by atoms with Crippen molar-refractivity contribution in [3.63, 3.8) is 0 Å². The van der Waals surface area contributed by atoms with Crippen molar-refractivity contribution in [1.29, 1.82) is 0 Å². The van der Waals surface area contributed by atoms with Gasteiger partial charge in [-0.3, -0.25) is 9.59 Å². The lowest BCUT2D eigenvalue weighted by atomic mass is 9.81. The number of alkyl halides is 3. The lowest BCUT2D eigenvalue weighted by Crippen LogP contribution is -2.55. The fraction of sp³-hybridized carbons (Fsp3) is 0.867. The molecule has 0 aromatic rings. The third kappa shape index (κ3) is 5.18. The van der Waals surface area contributed by atoms with Crippen LogP contribution in [-0.2, 0) is 9.59 Å². The van der Waals surface area contributed by atoms with Crippen LogP contribution in [0, 0.1) is 5.41 Å². The topological polar surface area (TPSA) is 49.4 Å². The zero-order chi connectivity index (χ0) is 17.3. The van der Waals surface area contributed by atoms with Gasteiger partial charge in [-0.15, -0.1) is 0 Å². The van der Waals surface area contributed by atoms with Crippen molar-refractivity contribution in [2.75, 3.05) is 6.54 Å². The molecule has 22 heavy (non-hydrogen) atoms. The Hall–Kier alpha value is -1.27. The van der Waals surface area contributed by atoms with E-state index in [1.54, 1.807) is 0 Å². The third-order valence-electron chi connectivity index (χ3n) is 3.49. The molecule has 1 saturated heterocycles. The van der Waals surface area contributed by atoms with Gasteiger partial charge in [0.2, 0.25) is 5.91 Å². The molecule has 1 aliphatic heterocycles. The van der Waals surface area contributed by atoms with Crippen LogP contribution >= 0.6 is 0 Å². The van der Waals surface area contributed by atoms with Crippen LogP contribution in [0.5, 0.6) is 0 Å². The van der Waals surface area contributed by atoms with Crippen molar-refractivity contribution >= 4 is 11.8 Å². The molecule has 4 nitrogen and oxygen atoms in total. The molecule has 7 heteroatoms. The molecule has 1 heterocycles. The summed E-state index contributed by atoms with van der Waals surface area (Å²) in [4.78, 5) is 24.4. The number of hydrogen-bond donors (Lipinski definition) is 1. The standard InChI is InChI=1S/C15H25F3N2O2/c1-13(2,3)9-14(4,5)19-11(21)10-7-6-8-20(10)12(22)15(16,17)18/h10H,6-9H2,1-5H3,(H,19,21). The largest absolute Gasteiger partial charge is 0.471 e. The summed E-state index contributed by atoms with van der Waals surface area (Å²) in [6.07, 6.45) is -3.60. The van der Waals surface area contributed by atoms with Gasteiger partial charge in [0.05, 0.1) is 0 Å². The Morgan fingerprint density at radius 2 is 1.68 bits per heavy atom. The molecule has 0 aliphatic carbocycles. The van der Waals surface area contributed by atoms with E-state index in [9.17, 15) is 22.8 Å². The molecule has 1 aliphatic rings. The third-order valence-corrected chi connectivity index (χ3v) is 3.49.